The van der Waals surface area contributed by atoms with Gasteiger partial charge in [0, 0.05) is 54.5 Å². The number of nitrogens with zero attached hydrogens (tertiary/aromatic N) is 5. The molecular weight excluding hydrogens is 501 g/mol. The molecule has 8 nitrogen and oxygen atoms in total. The smallest absolute Gasteiger partial charge is 0.265 e. The lowest BCUT2D eigenvalue weighted by Gasteiger charge is -2.23. The fraction of sp³-hybridized carbons (Fsp3) is 0.321. The van der Waals surface area contributed by atoms with Crippen LogP contribution in [0, 0.1) is 24.6 Å². The summed E-state index contributed by atoms with van der Waals surface area (Å²) in [6.07, 6.45) is 3.34. The number of aromatic nitrogens is 4. The highest BCUT2D eigenvalue weighted by Crippen LogP contribution is 2.48. The molecule has 6 rings (SSSR count). The zero-order valence-electron chi connectivity index (χ0n) is 21.4. The molecule has 1 aromatic carbocycles. The average molecular weight is 530 g/mol. The van der Waals surface area contributed by atoms with Gasteiger partial charge in [0.05, 0.1) is 11.4 Å². The normalized spacial score (nSPS) is 20.3. The zero-order valence-corrected chi connectivity index (χ0v) is 22.2. The highest BCUT2D eigenvalue weighted by atomic mass is 32.1. The highest BCUT2D eigenvalue weighted by molar-refractivity contribution is 7.17. The van der Waals surface area contributed by atoms with Gasteiger partial charge in [0.2, 0.25) is 0 Å². The van der Waals surface area contributed by atoms with E-state index in [0.29, 0.717) is 46.3 Å². The van der Waals surface area contributed by atoms with Gasteiger partial charge in [-0.25, -0.2) is 24.3 Å². The zero-order chi connectivity index (χ0) is 26.6. The number of carbonyl (C=O) groups is 1. The number of amides is 1. The summed E-state index contributed by atoms with van der Waals surface area (Å²) < 4.78 is 13.5. The summed E-state index contributed by atoms with van der Waals surface area (Å²) in [5, 5.41) is 4.24. The number of fused-ring (bicyclic) bond motifs is 1. The van der Waals surface area contributed by atoms with E-state index >= 15 is 0 Å². The molecule has 38 heavy (non-hydrogen) atoms. The third-order valence-electron chi connectivity index (χ3n) is 7.25. The Morgan fingerprint density at radius 3 is 2.45 bits per heavy atom. The third kappa shape index (κ3) is 4.65. The van der Waals surface area contributed by atoms with Crippen molar-refractivity contribution < 1.29 is 9.18 Å². The molecule has 4 heterocycles. The van der Waals surface area contributed by atoms with Crippen LogP contribution in [-0.4, -0.2) is 49.9 Å². The maximum absolute atomic E-state index is 13.5. The van der Waals surface area contributed by atoms with E-state index in [0.717, 1.165) is 22.6 Å². The molecule has 1 aliphatic carbocycles. The Balaban J connectivity index is 1.16. The standard InChI is InChI=1S/C28H28FN7OS/c1-15-24(38-26(33-15)25-31-9-4-10-32-25)27(37)36-13-19-20(14-36)23(19)35-22-12-17(28(2,3)30)11-21(34-22)16-5-7-18(29)8-6-16/h4-12,19-20,23H,13-14,30H2,1-3H3,(H,34,35)/t19-,20+,23?. The Labute approximate surface area is 224 Å². The number of nitrogens with two attached hydrogens (primary N) is 1. The molecule has 10 heteroatoms. The van der Waals surface area contributed by atoms with Gasteiger partial charge in [-0.05, 0) is 68.8 Å². The lowest BCUT2D eigenvalue weighted by atomic mass is 9.94. The summed E-state index contributed by atoms with van der Waals surface area (Å²) in [5.41, 5.74) is 9.07. The fourth-order valence-corrected chi connectivity index (χ4v) is 6.05. The molecule has 2 aliphatic rings. The molecule has 1 saturated carbocycles. The SMILES string of the molecule is Cc1nc(-c2ncccn2)sc1C(=O)N1C[C@@H]2C(Nc3cc(C(C)(C)N)cc(-c4ccc(F)cc4)n3)[C@@H]2C1. The maximum atomic E-state index is 13.5. The molecule has 1 amide bonds. The van der Waals surface area contributed by atoms with Gasteiger partial charge in [-0.1, -0.05) is 0 Å². The minimum Gasteiger partial charge on any atom is -0.367 e. The van der Waals surface area contributed by atoms with Gasteiger partial charge in [-0.3, -0.25) is 4.79 Å². The molecule has 1 aliphatic heterocycles. The number of thiazole rings is 1. The van der Waals surface area contributed by atoms with Crippen molar-refractivity contribution in [2.24, 2.45) is 17.6 Å². The van der Waals surface area contributed by atoms with Gasteiger partial charge >= 0.3 is 0 Å². The molecule has 3 atom stereocenters. The number of halogens is 1. The quantitative estimate of drug-likeness (QED) is 0.379. The van der Waals surface area contributed by atoms with Gasteiger partial charge in [0.1, 0.15) is 16.5 Å². The van der Waals surface area contributed by atoms with Crippen molar-refractivity contribution >= 4 is 23.1 Å². The molecule has 0 bridgehead atoms. The van der Waals surface area contributed by atoms with Gasteiger partial charge in [0.15, 0.2) is 10.8 Å². The number of pyridine rings is 1. The monoisotopic (exact) mass is 529 g/mol. The molecule has 3 aromatic heterocycles. The Morgan fingerprint density at radius 2 is 1.79 bits per heavy atom. The van der Waals surface area contributed by atoms with Crippen LogP contribution in [0.25, 0.3) is 22.1 Å². The van der Waals surface area contributed by atoms with Gasteiger partial charge in [-0.15, -0.1) is 11.3 Å². The number of benzene rings is 1. The Hall–Kier alpha value is -3.76. The number of likely N-dealkylation sites (tertiary alicyclic amines) is 1. The molecule has 0 radical (unpaired) electrons. The molecular formula is C28H28FN7OS. The number of anilines is 1. The summed E-state index contributed by atoms with van der Waals surface area (Å²) in [7, 11) is 0. The van der Waals surface area contributed by atoms with Gasteiger partial charge in [0.25, 0.3) is 5.91 Å². The summed E-state index contributed by atoms with van der Waals surface area (Å²) in [6.45, 7) is 7.12. The second-order valence-corrected chi connectivity index (χ2v) is 11.6. The fourth-order valence-electron chi connectivity index (χ4n) is 5.07. The highest BCUT2D eigenvalue weighted by Gasteiger charge is 2.57. The number of aryl methyl sites for hydroxylation is 1. The van der Waals surface area contributed by atoms with Crippen LogP contribution in [0.2, 0.25) is 0 Å². The first-order valence-corrected chi connectivity index (χ1v) is 13.4. The second kappa shape index (κ2) is 9.21. The van der Waals surface area contributed by atoms with Crippen LogP contribution in [0.3, 0.4) is 0 Å². The predicted octanol–water partition coefficient (Wildman–Crippen LogP) is 4.49. The van der Waals surface area contributed by atoms with Crippen molar-refractivity contribution in [2.45, 2.75) is 32.4 Å². The van der Waals surface area contributed by atoms with E-state index in [2.05, 4.69) is 20.3 Å². The number of hydrogen-bond acceptors (Lipinski definition) is 8. The maximum Gasteiger partial charge on any atom is 0.265 e. The molecule has 4 aromatic rings. The Morgan fingerprint density at radius 1 is 1.11 bits per heavy atom. The summed E-state index contributed by atoms with van der Waals surface area (Å²) >= 11 is 1.34. The lowest BCUT2D eigenvalue weighted by Crippen LogP contribution is -2.33. The number of rotatable bonds is 6. The van der Waals surface area contributed by atoms with Crippen LogP contribution in [0.1, 0.15) is 34.8 Å². The van der Waals surface area contributed by atoms with E-state index < -0.39 is 5.54 Å². The summed E-state index contributed by atoms with van der Waals surface area (Å²) in [4.78, 5) is 33.7. The van der Waals surface area contributed by atoms with Gasteiger partial charge in [-0.2, -0.15) is 0 Å². The van der Waals surface area contributed by atoms with Crippen LogP contribution in [0.15, 0.2) is 54.9 Å². The molecule has 1 unspecified atom stereocenters. The van der Waals surface area contributed by atoms with E-state index in [4.69, 9.17) is 10.7 Å². The Kier molecular flexibility index (Phi) is 5.96. The first-order chi connectivity index (χ1) is 18.2. The predicted molar refractivity (Wildman–Crippen MR) is 145 cm³/mol. The molecule has 2 fully saturated rings. The number of piperidine rings is 1. The van der Waals surface area contributed by atoms with Crippen molar-refractivity contribution in [1.82, 2.24) is 24.8 Å². The summed E-state index contributed by atoms with van der Waals surface area (Å²) in [5.74, 6) is 1.71. The number of hydrogen-bond donors (Lipinski definition) is 2. The topological polar surface area (TPSA) is 110 Å². The minimum atomic E-state index is -0.562. The van der Waals surface area contributed by atoms with E-state index in [1.165, 1.54) is 23.5 Å². The lowest BCUT2D eigenvalue weighted by molar-refractivity contribution is 0.0778. The van der Waals surface area contributed by atoms with Gasteiger partial charge < -0.3 is 16.0 Å². The first-order valence-electron chi connectivity index (χ1n) is 12.6. The van der Waals surface area contributed by atoms with Crippen LogP contribution < -0.4 is 11.1 Å². The van der Waals surface area contributed by atoms with Crippen LogP contribution in [0.5, 0.6) is 0 Å². The van der Waals surface area contributed by atoms with Crippen molar-refractivity contribution in [3.8, 4) is 22.1 Å². The molecule has 194 valence electrons. The number of nitrogens with one attached hydrogen (secondary N) is 1. The third-order valence-corrected chi connectivity index (χ3v) is 8.39. The molecule has 1 saturated heterocycles. The van der Waals surface area contributed by atoms with E-state index in [1.54, 1.807) is 30.6 Å². The van der Waals surface area contributed by atoms with Crippen molar-refractivity contribution in [2.75, 3.05) is 18.4 Å². The van der Waals surface area contributed by atoms with E-state index in [1.807, 2.05) is 37.8 Å². The molecule has 3 N–H and O–H groups in total. The minimum absolute atomic E-state index is 0.0109. The van der Waals surface area contributed by atoms with Crippen molar-refractivity contribution in [3.63, 3.8) is 0 Å². The molecule has 0 spiro atoms. The van der Waals surface area contributed by atoms with Crippen molar-refractivity contribution in [3.05, 3.63) is 76.8 Å². The van der Waals surface area contributed by atoms with Crippen LogP contribution in [0.4, 0.5) is 10.2 Å². The summed E-state index contributed by atoms with van der Waals surface area (Å²) in [6, 6.07) is 12.2. The number of carbonyl (C=O) groups excluding carboxylic acids is 1. The largest absolute Gasteiger partial charge is 0.367 e. The van der Waals surface area contributed by atoms with E-state index in [-0.39, 0.29) is 17.8 Å². The average Bonchev–Trinajstić information content (AvgIpc) is 3.22. The second-order valence-electron chi connectivity index (χ2n) is 10.6. The first kappa shape index (κ1) is 24.6. The van der Waals surface area contributed by atoms with E-state index in [9.17, 15) is 9.18 Å². The van der Waals surface area contributed by atoms with Crippen molar-refractivity contribution in [1.29, 1.82) is 0 Å². The van der Waals surface area contributed by atoms with Crippen LogP contribution >= 0.6 is 11.3 Å². The van der Waals surface area contributed by atoms with Crippen LogP contribution in [-0.2, 0) is 5.54 Å². The Bertz CT molecular complexity index is 1490.